The highest BCUT2D eigenvalue weighted by Gasteiger charge is 2.21. The number of amides is 1. The third-order valence-corrected chi connectivity index (χ3v) is 2.93. The van der Waals surface area contributed by atoms with E-state index in [2.05, 4.69) is 11.2 Å². The van der Waals surface area contributed by atoms with Crippen LogP contribution in [-0.2, 0) is 4.79 Å². The molecule has 0 aliphatic rings. The molecule has 1 aromatic carbocycles. The van der Waals surface area contributed by atoms with Crippen molar-refractivity contribution in [3.05, 3.63) is 60.1 Å². The van der Waals surface area contributed by atoms with Gasteiger partial charge in [0.1, 0.15) is 0 Å². The van der Waals surface area contributed by atoms with Crippen molar-refractivity contribution in [3.63, 3.8) is 0 Å². The molecular weight excluding hydrogens is 252 g/mol. The third-order valence-electron chi connectivity index (χ3n) is 2.93. The highest BCUT2D eigenvalue weighted by Crippen LogP contribution is 2.18. The van der Waals surface area contributed by atoms with Gasteiger partial charge in [-0.2, -0.15) is 0 Å². The summed E-state index contributed by atoms with van der Waals surface area (Å²) in [5.41, 5.74) is 1.09. The fourth-order valence-electron chi connectivity index (χ4n) is 1.99. The van der Waals surface area contributed by atoms with E-state index >= 15 is 0 Å². The Kier molecular flexibility index (Phi) is 4.99. The lowest BCUT2D eigenvalue weighted by atomic mass is 10.0. The van der Waals surface area contributed by atoms with E-state index in [0.717, 1.165) is 11.3 Å². The Morgan fingerprint density at radius 3 is 2.75 bits per heavy atom. The van der Waals surface area contributed by atoms with E-state index in [4.69, 9.17) is 10.8 Å². The summed E-state index contributed by atoms with van der Waals surface area (Å²) in [6.45, 7) is 0.547. The number of benzene rings is 1. The van der Waals surface area contributed by atoms with Crippen molar-refractivity contribution in [1.29, 1.82) is 0 Å². The molecule has 1 amide bonds. The molecule has 0 aliphatic carbocycles. The maximum Gasteiger partial charge on any atom is 0.275 e. The summed E-state index contributed by atoms with van der Waals surface area (Å²) < 4.78 is 5.47. The zero-order valence-electron chi connectivity index (χ0n) is 11.1. The van der Waals surface area contributed by atoms with Gasteiger partial charge >= 0.3 is 0 Å². The van der Waals surface area contributed by atoms with E-state index in [1.54, 1.807) is 6.26 Å². The summed E-state index contributed by atoms with van der Waals surface area (Å²) in [5, 5.41) is 4.58. The SMILES string of the molecule is C#CCNC(=O)C[NH2+][C@H](c1ccccc1)c1ccco1. The number of rotatable bonds is 6. The van der Waals surface area contributed by atoms with Crippen LogP contribution in [0.1, 0.15) is 17.4 Å². The quantitative estimate of drug-likeness (QED) is 0.758. The summed E-state index contributed by atoms with van der Waals surface area (Å²) in [4.78, 5) is 11.6. The molecule has 20 heavy (non-hydrogen) atoms. The van der Waals surface area contributed by atoms with Crippen LogP contribution < -0.4 is 10.6 Å². The molecule has 0 radical (unpaired) electrons. The van der Waals surface area contributed by atoms with Crippen LogP contribution in [0, 0.1) is 12.3 Å². The van der Waals surface area contributed by atoms with E-state index in [0.29, 0.717) is 6.54 Å². The fourth-order valence-corrected chi connectivity index (χ4v) is 1.99. The molecule has 0 bridgehead atoms. The molecule has 1 atom stereocenters. The van der Waals surface area contributed by atoms with Gasteiger partial charge in [0.25, 0.3) is 5.91 Å². The van der Waals surface area contributed by atoms with Gasteiger partial charge in [-0.15, -0.1) is 6.42 Å². The second-order valence-corrected chi connectivity index (χ2v) is 4.32. The number of quaternary nitrogens is 1. The molecule has 102 valence electrons. The molecule has 4 nitrogen and oxygen atoms in total. The average Bonchev–Trinajstić information content (AvgIpc) is 3.00. The first-order chi connectivity index (χ1) is 9.81. The highest BCUT2D eigenvalue weighted by molar-refractivity contribution is 5.76. The maximum absolute atomic E-state index is 11.6. The van der Waals surface area contributed by atoms with E-state index < -0.39 is 0 Å². The number of furan rings is 1. The van der Waals surface area contributed by atoms with Gasteiger partial charge in [0.05, 0.1) is 12.8 Å². The molecule has 0 spiro atoms. The van der Waals surface area contributed by atoms with Crippen molar-refractivity contribution < 1.29 is 14.5 Å². The van der Waals surface area contributed by atoms with Gasteiger partial charge in [0.2, 0.25) is 0 Å². The number of carbonyl (C=O) groups is 1. The topological polar surface area (TPSA) is 58.9 Å². The Morgan fingerprint density at radius 1 is 1.30 bits per heavy atom. The summed E-state index contributed by atoms with van der Waals surface area (Å²) in [6.07, 6.45) is 6.75. The van der Waals surface area contributed by atoms with Gasteiger partial charge in [-0.1, -0.05) is 36.3 Å². The number of hydrogen-bond acceptors (Lipinski definition) is 2. The molecule has 0 fully saturated rings. The van der Waals surface area contributed by atoms with Gasteiger partial charge in [-0.05, 0) is 12.1 Å². The zero-order valence-corrected chi connectivity index (χ0v) is 11.1. The van der Waals surface area contributed by atoms with Crippen molar-refractivity contribution in [1.82, 2.24) is 5.32 Å². The Bertz CT molecular complexity index is 570. The number of terminal acetylenes is 1. The lowest BCUT2D eigenvalue weighted by Gasteiger charge is -2.13. The molecule has 2 rings (SSSR count). The van der Waals surface area contributed by atoms with Crippen LogP contribution in [-0.4, -0.2) is 19.0 Å². The van der Waals surface area contributed by atoms with Crippen LogP contribution >= 0.6 is 0 Å². The Hall–Kier alpha value is -2.51. The molecule has 0 aliphatic heterocycles. The molecule has 1 heterocycles. The van der Waals surface area contributed by atoms with Crippen molar-refractivity contribution in [2.75, 3.05) is 13.1 Å². The van der Waals surface area contributed by atoms with Gasteiger partial charge in [0, 0.05) is 5.56 Å². The Morgan fingerprint density at radius 2 is 2.10 bits per heavy atom. The van der Waals surface area contributed by atoms with Crippen LogP contribution in [0.2, 0.25) is 0 Å². The average molecular weight is 269 g/mol. The molecule has 0 saturated carbocycles. The highest BCUT2D eigenvalue weighted by atomic mass is 16.3. The minimum atomic E-state index is -0.0876. The standard InChI is InChI=1S/C16H16N2O2/c1-2-10-17-15(19)12-18-16(14-9-6-11-20-14)13-7-4-3-5-8-13/h1,3-9,11,16,18H,10,12H2,(H,17,19)/p+1/t16-/m1/s1. The van der Waals surface area contributed by atoms with Crippen LogP contribution in [0.15, 0.2) is 53.1 Å². The van der Waals surface area contributed by atoms with Crippen LogP contribution in [0.5, 0.6) is 0 Å². The normalized spacial score (nSPS) is 11.6. The van der Waals surface area contributed by atoms with Crippen LogP contribution in [0.3, 0.4) is 0 Å². The first-order valence-corrected chi connectivity index (χ1v) is 6.43. The van der Waals surface area contributed by atoms with Gasteiger partial charge in [0.15, 0.2) is 18.3 Å². The summed E-state index contributed by atoms with van der Waals surface area (Å²) in [7, 11) is 0. The minimum absolute atomic E-state index is 0.0391. The predicted octanol–water partition coefficient (Wildman–Crippen LogP) is 0.682. The van der Waals surface area contributed by atoms with Gasteiger partial charge < -0.3 is 15.1 Å². The van der Waals surface area contributed by atoms with E-state index in [1.165, 1.54) is 0 Å². The lowest BCUT2D eigenvalue weighted by Crippen LogP contribution is -2.87. The Balaban J connectivity index is 2.05. The molecule has 0 unspecified atom stereocenters. The molecular formula is C16H17N2O2+. The van der Waals surface area contributed by atoms with E-state index in [-0.39, 0.29) is 18.5 Å². The molecule has 4 heteroatoms. The lowest BCUT2D eigenvalue weighted by molar-refractivity contribution is -0.678. The third kappa shape index (κ3) is 3.74. The van der Waals surface area contributed by atoms with E-state index in [9.17, 15) is 4.79 Å². The first kappa shape index (κ1) is 13.9. The maximum atomic E-state index is 11.6. The molecule has 0 saturated heterocycles. The van der Waals surface area contributed by atoms with Crippen molar-refractivity contribution in [3.8, 4) is 12.3 Å². The number of carbonyl (C=O) groups excluding carboxylic acids is 1. The van der Waals surface area contributed by atoms with Crippen molar-refractivity contribution in [2.45, 2.75) is 6.04 Å². The largest absolute Gasteiger partial charge is 0.463 e. The van der Waals surface area contributed by atoms with Gasteiger partial charge in [-0.3, -0.25) is 4.79 Å². The van der Waals surface area contributed by atoms with Crippen molar-refractivity contribution in [2.24, 2.45) is 0 Å². The molecule has 2 aromatic rings. The fraction of sp³-hybridized carbons (Fsp3) is 0.188. The predicted molar refractivity (Wildman–Crippen MR) is 75.6 cm³/mol. The number of nitrogens with two attached hydrogens (primary N) is 1. The van der Waals surface area contributed by atoms with Crippen LogP contribution in [0.4, 0.5) is 0 Å². The smallest absolute Gasteiger partial charge is 0.275 e. The summed E-state index contributed by atoms with van der Waals surface area (Å²) >= 11 is 0. The molecule has 3 N–H and O–H groups in total. The second kappa shape index (κ2) is 7.17. The summed E-state index contributed by atoms with van der Waals surface area (Å²) in [6, 6.07) is 13.6. The monoisotopic (exact) mass is 269 g/mol. The van der Waals surface area contributed by atoms with Gasteiger partial charge in [-0.25, -0.2) is 0 Å². The second-order valence-electron chi connectivity index (χ2n) is 4.32. The first-order valence-electron chi connectivity index (χ1n) is 6.43. The minimum Gasteiger partial charge on any atom is -0.463 e. The Labute approximate surface area is 118 Å². The summed E-state index contributed by atoms with van der Waals surface area (Å²) in [5.74, 6) is 3.11. The molecule has 1 aromatic heterocycles. The van der Waals surface area contributed by atoms with E-state index in [1.807, 2.05) is 47.8 Å². The zero-order chi connectivity index (χ0) is 14.2. The number of hydrogen-bond donors (Lipinski definition) is 2. The van der Waals surface area contributed by atoms with Crippen molar-refractivity contribution >= 4 is 5.91 Å². The number of nitrogens with one attached hydrogen (secondary N) is 1. The van der Waals surface area contributed by atoms with Crippen LogP contribution in [0.25, 0.3) is 0 Å².